The number of aliphatic hydroxyl groups excluding tert-OH is 1. The van der Waals surface area contributed by atoms with Crippen LogP contribution in [0, 0.1) is 11.8 Å². The van der Waals surface area contributed by atoms with Crippen molar-refractivity contribution in [3.8, 4) is 17.6 Å². The number of rotatable bonds is 5. The summed E-state index contributed by atoms with van der Waals surface area (Å²) in [7, 11) is 1.65. The molecule has 0 atom stereocenters. The number of benzene rings is 1. The van der Waals surface area contributed by atoms with Crippen LogP contribution < -0.4 is 4.74 Å². The van der Waals surface area contributed by atoms with Crippen LogP contribution in [-0.4, -0.2) is 38.1 Å². The molecular weight excluding hydrogens is 268 g/mol. The number of hydrogen-bond acceptors (Lipinski definition) is 4. The van der Waals surface area contributed by atoms with Gasteiger partial charge in [-0.05, 0) is 36.6 Å². The molecular formula is C17H22O4. The van der Waals surface area contributed by atoms with Crippen molar-refractivity contribution in [3.63, 3.8) is 0 Å². The van der Waals surface area contributed by atoms with Crippen LogP contribution in [0.5, 0.6) is 5.75 Å². The molecule has 2 rings (SSSR count). The molecule has 0 aromatic heterocycles. The van der Waals surface area contributed by atoms with Gasteiger partial charge in [0.1, 0.15) is 5.75 Å². The minimum atomic E-state index is 0.0804. The topological polar surface area (TPSA) is 47.9 Å². The Balaban J connectivity index is 2.05. The zero-order valence-electron chi connectivity index (χ0n) is 12.4. The molecule has 0 radical (unpaired) electrons. The van der Waals surface area contributed by atoms with Crippen LogP contribution in [0.2, 0.25) is 0 Å². The van der Waals surface area contributed by atoms with Gasteiger partial charge in [0.05, 0.1) is 26.4 Å². The Hall–Kier alpha value is -1.54. The second kappa shape index (κ2) is 8.68. The van der Waals surface area contributed by atoms with Gasteiger partial charge in [-0.25, -0.2) is 0 Å². The van der Waals surface area contributed by atoms with Gasteiger partial charge in [-0.3, -0.25) is 0 Å². The van der Waals surface area contributed by atoms with E-state index in [2.05, 4.69) is 11.8 Å². The summed E-state index contributed by atoms with van der Waals surface area (Å²) < 4.78 is 16.6. The maximum absolute atomic E-state index is 8.81. The van der Waals surface area contributed by atoms with Gasteiger partial charge < -0.3 is 19.3 Å². The van der Waals surface area contributed by atoms with Gasteiger partial charge in [-0.2, -0.15) is 0 Å². The Kier molecular flexibility index (Phi) is 6.55. The van der Waals surface area contributed by atoms with Crippen molar-refractivity contribution in [2.24, 2.45) is 0 Å². The number of aliphatic hydroxyl groups is 1. The van der Waals surface area contributed by atoms with Crippen LogP contribution in [0.1, 0.15) is 30.4 Å². The lowest BCUT2D eigenvalue weighted by molar-refractivity contribution is -0.0391. The number of ether oxygens (including phenoxy) is 3. The van der Waals surface area contributed by atoms with Crippen molar-refractivity contribution in [1.82, 2.24) is 0 Å². The molecule has 0 bridgehead atoms. The first-order valence-corrected chi connectivity index (χ1v) is 7.29. The molecule has 1 saturated heterocycles. The van der Waals surface area contributed by atoms with E-state index < -0.39 is 0 Å². The molecule has 0 amide bonds. The molecule has 114 valence electrons. The van der Waals surface area contributed by atoms with Gasteiger partial charge in [-0.15, -0.1) is 0 Å². The van der Waals surface area contributed by atoms with E-state index in [1.807, 2.05) is 18.2 Å². The first-order valence-electron chi connectivity index (χ1n) is 7.29. The lowest BCUT2D eigenvalue weighted by atomic mass is 10.1. The molecule has 0 spiro atoms. The molecule has 0 aliphatic carbocycles. The Morgan fingerprint density at radius 2 is 2.14 bits per heavy atom. The van der Waals surface area contributed by atoms with E-state index in [-0.39, 0.29) is 12.7 Å². The zero-order valence-corrected chi connectivity index (χ0v) is 12.4. The maximum Gasteiger partial charge on any atom is 0.119 e. The van der Waals surface area contributed by atoms with Crippen LogP contribution in [0.3, 0.4) is 0 Å². The van der Waals surface area contributed by atoms with Gasteiger partial charge in [0, 0.05) is 25.2 Å². The quantitative estimate of drug-likeness (QED) is 0.844. The second-order valence-corrected chi connectivity index (χ2v) is 4.92. The van der Waals surface area contributed by atoms with Crippen LogP contribution in [0.15, 0.2) is 18.2 Å². The monoisotopic (exact) mass is 290 g/mol. The molecule has 1 aliphatic heterocycles. The lowest BCUT2D eigenvalue weighted by Crippen LogP contribution is -2.23. The molecule has 1 fully saturated rings. The molecule has 4 nitrogen and oxygen atoms in total. The second-order valence-electron chi connectivity index (χ2n) is 4.92. The lowest BCUT2D eigenvalue weighted by Gasteiger charge is -2.22. The summed E-state index contributed by atoms with van der Waals surface area (Å²) in [4.78, 5) is 0. The summed E-state index contributed by atoms with van der Waals surface area (Å²) in [5.41, 5.74) is 1.95. The van der Waals surface area contributed by atoms with Crippen molar-refractivity contribution in [2.45, 2.75) is 32.0 Å². The highest BCUT2D eigenvalue weighted by Crippen LogP contribution is 2.20. The van der Waals surface area contributed by atoms with E-state index in [0.717, 1.165) is 42.9 Å². The maximum atomic E-state index is 8.81. The van der Waals surface area contributed by atoms with Crippen LogP contribution >= 0.6 is 0 Å². The highest BCUT2D eigenvalue weighted by Gasteiger charge is 2.15. The summed E-state index contributed by atoms with van der Waals surface area (Å²) in [5, 5.41) is 8.81. The average Bonchev–Trinajstić information content (AvgIpc) is 2.55. The highest BCUT2D eigenvalue weighted by molar-refractivity contribution is 5.45. The first kappa shape index (κ1) is 15.8. The molecule has 1 N–H and O–H groups in total. The van der Waals surface area contributed by atoms with Crippen LogP contribution in [0.25, 0.3) is 0 Å². The molecule has 21 heavy (non-hydrogen) atoms. The van der Waals surface area contributed by atoms with E-state index in [9.17, 15) is 0 Å². The fourth-order valence-electron chi connectivity index (χ4n) is 2.20. The van der Waals surface area contributed by atoms with E-state index in [4.69, 9.17) is 19.3 Å². The third-order valence-electron chi connectivity index (χ3n) is 3.42. The third kappa shape index (κ3) is 5.05. The van der Waals surface area contributed by atoms with Gasteiger partial charge in [0.15, 0.2) is 0 Å². The normalized spacial score (nSPS) is 15.3. The van der Waals surface area contributed by atoms with E-state index >= 15 is 0 Å². The van der Waals surface area contributed by atoms with Crippen molar-refractivity contribution in [1.29, 1.82) is 0 Å². The predicted octanol–water partition coefficient (Wildman–Crippen LogP) is 2.12. The van der Waals surface area contributed by atoms with Crippen molar-refractivity contribution >= 4 is 0 Å². The summed E-state index contributed by atoms with van der Waals surface area (Å²) >= 11 is 0. The largest absolute Gasteiger partial charge is 0.497 e. The van der Waals surface area contributed by atoms with Crippen LogP contribution in [0.4, 0.5) is 0 Å². The average molecular weight is 290 g/mol. The van der Waals surface area contributed by atoms with E-state index in [1.54, 1.807) is 7.11 Å². The smallest absolute Gasteiger partial charge is 0.119 e. The molecule has 0 saturated carbocycles. The summed E-state index contributed by atoms with van der Waals surface area (Å²) in [6, 6.07) is 5.79. The standard InChI is InChI=1S/C17H22O4/c1-19-17-6-5-14(4-2-3-9-18)15(12-17)13-21-16-7-10-20-11-8-16/h5-6,12,16,18H,3,7-11,13H2,1H3. The highest BCUT2D eigenvalue weighted by atomic mass is 16.5. The van der Waals surface area contributed by atoms with Gasteiger partial charge in [-0.1, -0.05) is 11.8 Å². The van der Waals surface area contributed by atoms with Crippen molar-refractivity contribution < 1.29 is 19.3 Å². The van der Waals surface area contributed by atoms with Gasteiger partial charge >= 0.3 is 0 Å². The van der Waals surface area contributed by atoms with Gasteiger partial charge in [0.25, 0.3) is 0 Å². The molecule has 4 heteroatoms. The summed E-state index contributed by atoms with van der Waals surface area (Å²) in [6.07, 6.45) is 2.61. The van der Waals surface area contributed by atoms with Crippen LogP contribution in [-0.2, 0) is 16.1 Å². The minimum absolute atomic E-state index is 0.0804. The Labute approximate surface area is 126 Å². The zero-order chi connectivity index (χ0) is 14.9. The minimum Gasteiger partial charge on any atom is -0.497 e. The first-order chi connectivity index (χ1) is 10.3. The third-order valence-corrected chi connectivity index (χ3v) is 3.42. The Bertz CT molecular complexity index is 495. The molecule has 1 heterocycles. The molecule has 1 aromatic carbocycles. The predicted molar refractivity (Wildman–Crippen MR) is 80.2 cm³/mol. The number of methoxy groups -OCH3 is 1. The molecule has 1 aromatic rings. The Morgan fingerprint density at radius 3 is 2.86 bits per heavy atom. The van der Waals surface area contributed by atoms with E-state index in [1.165, 1.54) is 0 Å². The SMILES string of the molecule is COc1ccc(C#CCCO)c(COC2CCOCC2)c1. The fraction of sp³-hybridized carbons (Fsp3) is 0.529. The summed E-state index contributed by atoms with van der Waals surface area (Å²) in [5.74, 6) is 6.83. The fourth-order valence-corrected chi connectivity index (χ4v) is 2.20. The number of hydrogen-bond donors (Lipinski definition) is 1. The Morgan fingerprint density at radius 1 is 1.33 bits per heavy atom. The molecule has 0 unspecified atom stereocenters. The van der Waals surface area contributed by atoms with E-state index in [0.29, 0.717) is 13.0 Å². The summed E-state index contributed by atoms with van der Waals surface area (Å²) in [6.45, 7) is 2.14. The van der Waals surface area contributed by atoms with Crippen molar-refractivity contribution in [2.75, 3.05) is 26.9 Å². The van der Waals surface area contributed by atoms with Crippen molar-refractivity contribution in [3.05, 3.63) is 29.3 Å². The van der Waals surface area contributed by atoms with Gasteiger partial charge in [0.2, 0.25) is 0 Å². The molecule has 1 aliphatic rings.